The molecule has 1 aliphatic carbocycles. The highest BCUT2D eigenvalue weighted by Gasteiger charge is 2.46. The summed E-state index contributed by atoms with van der Waals surface area (Å²) < 4.78 is 14.1. The van der Waals surface area contributed by atoms with Crippen LogP contribution in [-0.2, 0) is 5.60 Å². The molecule has 0 unspecified atom stereocenters. The number of aliphatic hydroxyl groups is 1. The van der Waals surface area contributed by atoms with Crippen LogP contribution in [0.1, 0.15) is 24.0 Å². The predicted octanol–water partition coefficient (Wildman–Crippen LogP) is 2.58. The molecule has 1 aromatic carbocycles. The van der Waals surface area contributed by atoms with Gasteiger partial charge < -0.3 is 10.2 Å². The van der Waals surface area contributed by atoms with Crippen LogP contribution in [0.5, 0.6) is 5.75 Å². The van der Waals surface area contributed by atoms with E-state index in [4.69, 9.17) is 0 Å². The lowest BCUT2D eigenvalue weighted by atomic mass is 10.0. The first-order valence-corrected chi connectivity index (χ1v) is 5.15. The highest BCUT2D eigenvalue weighted by Crippen LogP contribution is 2.51. The predicted molar refractivity (Wildman–Crippen MR) is 53.6 cm³/mol. The van der Waals surface area contributed by atoms with Gasteiger partial charge in [0, 0.05) is 0 Å². The zero-order valence-corrected chi connectivity index (χ0v) is 9.23. The molecule has 76 valence electrons. The first-order valence-electron chi connectivity index (χ1n) is 4.36. The van der Waals surface area contributed by atoms with Crippen LogP contribution < -0.4 is 0 Å². The number of phenols is 1. The van der Waals surface area contributed by atoms with Gasteiger partial charge in [0.1, 0.15) is 11.6 Å². The summed E-state index contributed by atoms with van der Waals surface area (Å²) in [6, 6.07) is 1.50. The zero-order chi connectivity index (χ0) is 10.5. The number of halogens is 2. The molecule has 0 amide bonds. The highest BCUT2D eigenvalue weighted by atomic mass is 79.9. The lowest BCUT2D eigenvalue weighted by molar-refractivity contribution is 0.142. The van der Waals surface area contributed by atoms with Gasteiger partial charge in [0.15, 0.2) is 0 Å². The number of aryl methyl sites for hydroxylation is 1. The van der Waals surface area contributed by atoms with Gasteiger partial charge in [0.2, 0.25) is 0 Å². The van der Waals surface area contributed by atoms with Crippen LogP contribution in [0.25, 0.3) is 0 Å². The van der Waals surface area contributed by atoms with E-state index >= 15 is 0 Å². The number of benzene rings is 1. The Kier molecular flexibility index (Phi) is 2.08. The molecule has 1 aliphatic rings. The largest absolute Gasteiger partial charge is 0.506 e. The van der Waals surface area contributed by atoms with Crippen molar-refractivity contribution in [2.24, 2.45) is 0 Å². The summed E-state index contributed by atoms with van der Waals surface area (Å²) in [5.41, 5.74) is -0.697. The van der Waals surface area contributed by atoms with Crippen molar-refractivity contribution in [3.63, 3.8) is 0 Å². The number of aromatic hydroxyl groups is 1. The van der Waals surface area contributed by atoms with Gasteiger partial charge in [-0.15, -0.1) is 0 Å². The van der Waals surface area contributed by atoms with Crippen LogP contribution >= 0.6 is 15.9 Å². The third-order valence-corrected chi connectivity index (χ3v) is 3.17. The van der Waals surface area contributed by atoms with E-state index in [1.54, 1.807) is 6.92 Å². The van der Waals surface area contributed by atoms with Gasteiger partial charge in [-0.25, -0.2) is 4.39 Å². The van der Waals surface area contributed by atoms with Crippen molar-refractivity contribution in [3.8, 4) is 5.75 Å². The molecule has 2 nitrogen and oxygen atoms in total. The first-order chi connectivity index (χ1) is 6.46. The molecule has 0 saturated heterocycles. The van der Waals surface area contributed by atoms with Crippen LogP contribution in [0.15, 0.2) is 10.5 Å². The van der Waals surface area contributed by atoms with Crippen LogP contribution in [0, 0.1) is 12.7 Å². The van der Waals surface area contributed by atoms with E-state index in [0.29, 0.717) is 22.9 Å². The lowest BCUT2D eigenvalue weighted by Gasteiger charge is -2.14. The topological polar surface area (TPSA) is 40.5 Å². The van der Waals surface area contributed by atoms with Gasteiger partial charge >= 0.3 is 0 Å². The van der Waals surface area contributed by atoms with Crippen molar-refractivity contribution in [1.29, 1.82) is 0 Å². The van der Waals surface area contributed by atoms with E-state index < -0.39 is 11.4 Å². The van der Waals surface area contributed by atoms with E-state index in [9.17, 15) is 14.6 Å². The molecule has 0 aliphatic heterocycles. The normalized spacial score (nSPS) is 18.3. The maximum absolute atomic E-state index is 13.6. The zero-order valence-electron chi connectivity index (χ0n) is 7.64. The summed E-state index contributed by atoms with van der Waals surface area (Å²) in [4.78, 5) is 0. The summed E-state index contributed by atoms with van der Waals surface area (Å²) in [7, 11) is 0. The van der Waals surface area contributed by atoms with Crippen molar-refractivity contribution >= 4 is 15.9 Å². The molecule has 2 N–H and O–H groups in total. The van der Waals surface area contributed by atoms with Crippen LogP contribution in [0.3, 0.4) is 0 Å². The Bertz CT molecular complexity index is 373. The minimum atomic E-state index is -1.15. The SMILES string of the molecule is Cc1cc(Br)c(O)c(C2(O)CC2)c1F. The Balaban J connectivity index is 2.68. The number of hydrogen-bond acceptors (Lipinski definition) is 2. The van der Waals surface area contributed by atoms with Crippen molar-refractivity contribution in [3.05, 3.63) is 27.5 Å². The maximum Gasteiger partial charge on any atom is 0.138 e. The Morgan fingerprint density at radius 1 is 1.50 bits per heavy atom. The second-order valence-electron chi connectivity index (χ2n) is 3.74. The van der Waals surface area contributed by atoms with Gasteiger partial charge in [-0.3, -0.25) is 0 Å². The number of rotatable bonds is 1. The summed E-state index contributed by atoms with van der Waals surface area (Å²) in [6.45, 7) is 1.61. The molecule has 1 saturated carbocycles. The van der Waals surface area contributed by atoms with Crippen molar-refractivity contribution in [2.75, 3.05) is 0 Å². The number of phenolic OH excluding ortho intramolecular Hbond substituents is 1. The first kappa shape index (κ1) is 9.93. The Morgan fingerprint density at radius 3 is 2.57 bits per heavy atom. The third kappa shape index (κ3) is 1.33. The fraction of sp³-hybridized carbons (Fsp3) is 0.400. The quantitative estimate of drug-likeness (QED) is 0.815. The van der Waals surface area contributed by atoms with Gasteiger partial charge in [-0.05, 0) is 47.3 Å². The van der Waals surface area contributed by atoms with E-state index in [-0.39, 0.29) is 11.3 Å². The molecule has 2 rings (SSSR count). The van der Waals surface area contributed by atoms with E-state index in [0.717, 1.165) is 0 Å². The molecule has 0 heterocycles. The average Bonchev–Trinajstić information content (AvgIpc) is 2.81. The monoisotopic (exact) mass is 260 g/mol. The van der Waals surface area contributed by atoms with Crippen LogP contribution in [0.4, 0.5) is 4.39 Å². The van der Waals surface area contributed by atoms with Gasteiger partial charge in [0.05, 0.1) is 15.6 Å². The fourth-order valence-corrected chi connectivity index (χ4v) is 2.08. The van der Waals surface area contributed by atoms with Crippen LogP contribution in [-0.4, -0.2) is 10.2 Å². The summed E-state index contributed by atoms with van der Waals surface area (Å²) >= 11 is 3.12. The van der Waals surface area contributed by atoms with Crippen molar-refractivity contribution in [2.45, 2.75) is 25.4 Å². The summed E-state index contributed by atoms with van der Waals surface area (Å²) in [5, 5.41) is 19.4. The van der Waals surface area contributed by atoms with Gasteiger partial charge in [-0.1, -0.05) is 0 Å². The second kappa shape index (κ2) is 2.94. The molecular weight excluding hydrogens is 251 g/mol. The van der Waals surface area contributed by atoms with Crippen LogP contribution in [0.2, 0.25) is 0 Å². The van der Waals surface area contributed by atoms with Crippen molar-refractivity contribution in [1.82, 2.24) is 0 Å². The molecule has 0 atom stereocenters. The molecule has 0 bridgehead atoms. The highest BCUT2D eigenvalue weighted by molar-refractivity contribution is 9.10. The fourth-order valence-electron chi connectivity index (χ4n) is 1.54. The maximum atomic E-state index is 13.6. The van der Waals surface area contributed by atoms with Gasteiger partial charge in [-0.2, -0.15) is 0 Å². The standard InChI is InChI=1S/C10H10BrFO2/c1-5-4-6(11)9(13)7(8(5)12)10(14)2-3-10/h4,13-14H,2-3H2,1H3. The molecule has 0 radical (unpaired) electrons. The summed E-state index contributed by atoms with van der Waals surface area (Å²) in [5.74, 6) is -0.696. The molecule has 4 heteroatoms. The smallest absolute Gasteiger partial charge is 0.138 e. The van der Waals surface area contributed by atoms with E-state index in [1.165, 1.54) is 6.07 Å². The molecule has 0 spiro atoms. The minimum Gasteiger partial charge on any atom is -0.506 e. The molecular formula is C10H10BrFO2. The molecule has 14 heavy (non-hydrogen) atoms. The number of hydrogen-bond donors (Lipinski definition) is 2. The van der Waals surface area contributed by atoms with Crippen molar-refractivity contribution < 1.29 is 14.6 Å². The Morgan fingerprint density at radius 2 is 2.07 bits per heavy atom. The Labute approximate surface area is 89.5 Å². The van der Waals surface area contributed by atoms with Gasteiger partial charge in [0.25, 0.3) is 0 Å². The lowest BCUT2D eigenvalue weighted by Crippen LogP contribution is -2.09. The second-order valence-corrected chi connectivity index (χ2v) is 4.60. The van der Waals surface area contributed by atoms with E-state index in [1.807, 2.05) is 0 Å². The average molecular weight is 261 g/mol. The Hall–Kier alpha value is -0.610. The molecule has 0 aromatic heterocycles. The molecule has 1 aromatic rings. The minimum absolute atomic E-state index is 0.0318. The van der Waals surface area contributed by atoms with E-state index in [2.05, 4.69) is 15.9 Å². The summed E-state index contributed by atoms with van der Waals surface area (Å²) in [6.07, 6.45) is 1.01. The molecule has 1 fully saturated rings. The third-order valence-electron chi connectivity index (χ3n) is 2.56.